The van der Waals surface area contributed by atoms with Gasteiger partial charge in [-0.15, -0.1) is 0 Å². The van der Waals surface area contributed by atoms with Crippen LogP contribution in [-0.2, 0) is 9.47 Å². The second-order valence-electron chi connectivity index (χ2n) is 4.99. The van der Waals surface area contributed by atoms with E-state index in [0.717, 1.165) is 45.3 Å². The van der Waals surface area contributed by atoms with Crippen LogP contribution in [0, 0.1) is 17.2 Å². The molecule has 2 unspecified atom stereocenters. The predicted octanol–water partition coefficient (Wildman–Crippen LogP) is 2.10. The Balaban J connectivity index is 2.35. The highest BCUT2D eigenvalue weighted by atomic mass is 16.5. The summed E-state index contributed by atoms with van der Waals surface area (Å²) in [7, 11) is 1.68. The molecule has 1 aliphatic rings. The first kappa shape index (κ1) is 15.4. The van der Waals surface area contributed by atoms with Gasteiger partial charge in [0, 0.05) is 13.7 Å². The molecule has 0 amide bonds. The zero-order valence-corrected chi connectivity index (χ0v) is 11.7. The zero-order valence-electron chi connectivity index (χ0n) is 11.7. The molecule has 0 saturated heterocycles. The van der Waals surface area contributed by atoms with Crippen LogP contribution in [0.5, 0.6) is 0 Å². The minimum atomic E-state index is -0.305. The third-order valence-corrected chi connectivity index (χ3v) is 3.75. The van der Waals surface area contributed by atoms with Crippen molar-refractivity contribution in [1.29, 1.82) is 5.26 Å². The molecule has 1 rings (SSSR count). The maximum atomic E-state index is 9.48. The number of ether oxygens (including phenoxy) is 2. The summed E-state index contributed by atoms with van der Waals surface area (Å²) in [6.45, 7) is 5.07. The van der Waals surface area contributed by atoms with Crippen molar-refractivity contribution in [3.8, 4) is 6.07 Å². The van der Waals surface area contributed by atoms with E-state index in [1.165, 1.54) is 0 Å². The number of nitrogens with zero attached hydrogens (tertiary/aromatic N) is 1. The highest BCUT2D eigenvalue weighted by Gasteiger charge is 2.42. The summed E-state index contributed by atoms with van der Waals surface area (Å²) in [6, 6.07) is 2.52. The molecule has 1 saturated carbocycles. The van der Waals surface area contributed by atoms with Gasteiger partial charge in [-0.25, -0.2) is 0 Å². The Hall–Kier alpha value is -0.630. The van der Waals surface area contributed by atoms with Crippen LogP contribution in [0.3, 0.4) is 0 Å². The molecule has 104 valence electrons. The van der Waals surface area contributed by atoms with Crippen molar-refractivity contribution in [2.24, 2.45) is 5.92 Å². The van der Waals surface area contributed by atoms with Crippen LogP contribution in [0.2, 0.25) is 0 Å². The molecule has 1 aliphatic carbocycles. The Labute approximate surface area is 111 Å². The van der Waals surface area contributed by atoms with Crippen LogP contribution in [0.4, 0.5) is 0 Å². The second-order valence-corrected chi connectivity index (χ2v) is 4.99. The molecular weight excluding hydrogens is 228 g/mol. The van der Waals surface area contributed by atoms with Gasteiger partial charge in [0.15, 0.2) is 0 Å². The lowest BCUT2D eigenvalue weighted by atomic mass is 9.86. The molecule has 0 aromatic heterocycles. The molecule has 18 heavy (non-hydrogen) atoms. The molecule has 0 bridgehead atoms. The van der Waals surface area contributed by atoms with E-state index in [-0.39, 0.29) is 5.54 Å². The van der Waals surface area contributed by atoms with Crippen molar-refractivity contribution in [2.75, 3.05) is 33.5 Å². The lowest BCUT2D eigenvalue weighted by molar-refractivity contribution is 0.0602. The van der Waals surface area contributed by atoms with Crippen molar-refractivity contribution < 1.29 is 9.47 Å². The van der Waals surface area contributed by atoms with Gasteiger partial charge in [0.2, 0.25) is 0 Å². The average Bonchev–Trinajstić information content (AvgIpc) is 2.80. The van der Waals surface area contributed by atoms with E-state index >= 15 is 0 Å². The molecule has 1 N–H and O–H groups in total. The van der Waals surface area contributed by atoms with E-state index in [0.29, 0.717) is 19.1 Å². The fourth-order valence-corrected chi connectivity index (χ4v) is 2.71. The van der Waals surface area contributed by atoms with Gasteiger partial charge in [0.05, 0.1) is 19.3 Å². The van der Waals surface area contributed by atoms with Crippen molar-refractivity contribution in [2.45, 2.75) is 44.6 Å². The first-order valence-electron chi connectivity index (χ1n) is 7.02. The lowest BCUT2D eigenvalue weighted by Gasteiger charge is -2.30. The summed E-state index contributed by atoms with van der Waals surface area (Å²) in [5, 5.41) is 12.9. The Kier molecular flexibility index (Phi) is 7.26. The van der Waals surface area contributed by atoms with Gasteiger partial charge in [-0.05, 0) is 38.1 Å². The van der Waals surface area contributed by atoms with E-state index in [1.54, 1.807) is 7.11 Å². The first-order valence-corrected chi connectivity index (χ1v) is 7.02. The molecule has 0 aromatic rings. The summed E-state index contributed by atoms with van der Waals surface area (Å²) in [5.41, 5.74) is -0.305. The normalized spacial score (nSPS) is 27.3. The second kappa shape index (κ2) is 8.47. The fourth-order valence-electron chi connectivity index (χ4n) is 2.71. The third-order valence-electron chi connectivity index (χ3n) is 3.75. The SMILES string of the molecule is CCCNC1(C#N)CCCC1CCOCCOC. The van der Waals surface area contributed by atoms with Crippen LogP contribution in [-0.4, -0.2) is 39.0 Å². The van der Waals surface area contributed by atoms with E-state index in [2.05, 4.69) is 18.3 Å². The maximum absolute atomic E-state index is 9.48. The largest absolute Gasteiger partial charge is 0.382 e. The van der Waals surface area contributed by atoms with Gasteiger partial charge in [-0.2, -0.15) is 5.26 Å². The summed E-state index contributed by atoms with van der Waals surface area (Å²) in [5.74, 6) is 0.427. The van der Waals surface area contributed by atoms with Gasteiger partial charge in [-0.1, -0.05) is 13.3 Å². The monoisotopic (exact) mass is 254 g/mol. The van der Waals surface area contributed by atoms with Crippen molar-refractivity contribution >= 4 is 0 Å². The number of hydrogen-bond donors (Lipinski definition) is 1. The number of hydrogen-bond acceptors (Lipinski definition) is 4. The smallest absolute Gasteiger partial charge is 0.109 e. The topological polar surface area (TPSA) is 54.3 Å². The van der Waals surface area contributed by atoms with Crippen LogP contribution >= 0.6 is 0 Å². The van der Waals surface area contributed by atoms with Crippen LogP contribution in [0.1, 0.15) is 39.0 Å². The van der Waals surface area contributed by atoms with E-state index < -0.39 is 0 Å². The van der Waals surface area contributed by atoms with E-state index in [4.69, 9.17) is 9.47 Å². The minimum absolute atomic E-state index is 0.305. The number of methoxy groups -OCH3 is 1. The molecule has 0 spiro atoms. The van der Waals surface area contributed by atoms with Crippen LogP contribution in [0.25, 0.3) is 0 Å². The molecule has 0 aliphatic heterocycles. The van der Waals surface area contributed by atoms with Crippen LogP contribution in [0.15, 0.2) is 0 Å². The highest BCUT2D eigenvalue weighted by Crippen LogP contribution is 2.37. The Morgan fingerprint density at radius 3 is 2.89 bits per heavy atom. The Morgan fingerprint density at radius 2 is 2.22 bits per heavy atom. The lowest BCUT2D eigenvalue weighted by Crippen LogP contribution is -2.47. The predicted molar refractivity (Wildman–Crippen MR) is 71.3 cm³/mol. The number of nitrogens with one attached hydrogen (secondary N) is 1. The van der Waals surface area contributed by atoms with Crippen molar-refractivity contribution in [3.05, 3.63) is 0 Å². The maximum Gasteiger partial charge on any atom is 0.109 e. The van der Waals surface area contributed by atoms with E-state index in [9.17, 15) is 5.26 Å². The number of nitriles is 1. The summed E-state index contributed by atoms with van der Waals surface area (Å²) in [4.78, 5) is 0. The van der Waals surface area contributed by atoms with Gasteiger partial charge in [-0.3, -0.25) is 5.32 Å². The molecule has 0 heterocycles. The first-order chi connectivity index (χ1) is 8.79. The molecule has 2 atom stereocenters. The fraction of sp³-hybridized carbons (Fsp3) is 0.929. The highest BCUT2D eigenvalue weighted by molar-refractivity contribution is 5.13. The average molecular weight is 254 g/mol. The summed E-state index contributed by atoms with van der Waals surface area (Å²) >= 11 is 0. The van der Waals surface area contributed by atoms with Crippen molar-refractivity contribution in [1.82, 2.24) is 5.32 Å². The summed E-state index contributed by atoms with van der Waals surface area (Å²) < 4.78 is 10.5. The Bertz CT molecular complexity index is 265. The molecule has 4 nitrogen and oxygen atoms in total. The molecule has 1 fully saturated rings. The minimum Gasteiger partial charge on any atom is -0.382 e. The van der Waals surface area contributed by atoms with Gasteiger partial charge in [0.25, 0.3) is 0 Å². The molecular formula is C14H26N2O2. The molecule has 0 radical (unpaired) electrons. The van der Waals surface area contributed by atoms with Gasteiger partial charge < -0.3 is 9.47 Å². The summed E-state index contributed by atoms with van der Waals surface area (Å²) in [6.07, 6.45) is 5.30. The van der Waals surface area contributed by atoms with Gasteiger partial charge in [0.1, 0.15) is 5.54 Å². The molecule has 0 aromatic carbocycles. The molecule has 4 heteroatoms. The van der Waals surface area contributed by atoms with Crippen molar-refractivity contribution in [3.63, 3.8) is 0 Å². The quantitative estimate of drug-likeness (QED) is 0.640. The Morgan fingerprint density at radius 1 is 1.39 bits per heavy atom. The standard InChI is InChI=1S/C14H26N2O2/c1-3-8-16-14(12-15)7-4-5-13(14)6-9-18-11-10-17-2/h13,16H,3-11H2,1-2H3. The zero-order chi connectivity index (χ0) is 13.3. The van der Waals surface area contributed by atoms with E-state index in [1.807, 2.05) is 0 Å². The number of rotatable bonds is 9. The van der Waals surface area contributed by atoms with Crippen LogP contribution < -0.4 is 5.32 Å². The third kappa shape index (κ3) is 4.24. The van der Waals surface area contributed by atoms with Gasteiger partial charge >= 0.3 is 0 Å².